The molecule has 0 aliphatic rings. The van der Waals surface area contributed by atoms with Gasteiger partial charge in [-0.3, -0.25) is 15.1 Å². The minimum absolute atomic E-state index is 0.277. The highest BCUT2D eigenvalue weighted by atomic mass is 19.1. The first-order valence-electron chi connectivity index (χ1n) is 10.0. The molecule has 0 fully saturated rings. The summed E-state index contributed by atoms with van der Waals surface area (Å²) in [6.45, 7) is 2.03. The minimum atomic E-state index is -0.277. The van der Waals surface area contributed by atoms with Crippen LogP contribution in [0.4, 0.5) is 4.39 Å². The van der Waals surface area contributed by atoms with E-state index in [1.807, 2.05) is 31.3 Å². The molecule has 6 rings (SSSR count). The Morgan fingerprint density at radius 2 is 1.78 bits per heavy atom. The van der Waals surface area contributed by atoms with Gasteiger partial charge in [-0.15, -0.1) is 0 Å². The monoisotopic (exact) mass is 421 g/mol. The molecule has 0 saturated carbocycles. The van der Waals surface area contributed by atoms with Crippen molar-refractivity contribution in [2.75, 3.05) is 0 Å². The molecule has 0 bridgehead atoms. The maximum absolute atomic E-state index is 13.4. The quantitative estimate of drug-likeness (QED) is 0.416. The smallest absolute Gasteiger partial charge is 0.178 e. The number of aromatic amines is 2. The van der Waals surface area contributed by atoms with E-state index in [0.717, 1.165) is 44.4 Å². The van der Waals surface area contributed by atoms with Crippen LogP contribution >= 0.6 is 0 Å². The maximum Gasteiger partial charge on any atom is 0.178 e. The van der Waals surface area contributed by atoms with E-state index in [0.29, 0.717) is 17.2 Å². The number of aryl methyl sites for hydroxylation is 1. The Balaban J connectivity index is 1.51. The van der Waals surface area contributed by atoms with Crippen LogP contribution in [0.1, 0.15) is 5.56 Å². The van der Waals surface area contributed by atoms with Crippen molar-refractivity contribution in [1.29, 1.82) is 0 Å². The summed E-state index contributed by atoms with van der Waals surface area (Å²) in [5.74, 6) is 0.314. The number of fused-ring (bicyclic) bond motifs is 2. The SMILES string of the molecule is Cc1ccncc1-c1cc2c(-c3nc4nccc(-c5ccc(F)cc5)c4[nH]3)n[nH]c2cn1. The lowest BCUT2D eigenvalue weighted by Crippen LogP contribution is -1.89. The van der Waals surface area contributed by atoms with E-state index in [1.165, 1.54) is 12.1 Å². The second-order valence-corrected chi connectivity index (χ2v) is 7.53. The summed E-state index contributed by atoms with van der Waals surface area (Å²) in [6, 6.07) is 12.2. The molecule has 0 unspecified atom stereocenters. The fourth-order valence-corrected chi connectivity index (χ4v) is 3.87. The van der Waals surface area contributed by atoms with Gasteiger partial charge in [0.15, 0.2) is 11.5 Å². The number of nitrogens with zero attached hydrogens (tertiary/aromatic N) is 5. The summed E-state index contributed by atoms with van der Waals surface area (Å²) in [4.78, 5) is 21.2. The number of nitrogens with one attached hydrogen (secondary N) is 2. The molecule has 0 saturated heterocycles. The van der Waals surface area contributed by atoms with Gasteiger partial charge >= 0.3 is 0 Å². The third-order valence-electron chi connectivity index (χ3n) is 5.53. The largest absolute Gasteiger partial charge is 0.335 e. The van der Waals surface area contributed by atoms with Crippen molar-refractivity contribution in [2.24, 2.45) is 0 Å². The van der Waals surface area contributed by atoms with Crippen molar-refractivity contribution in [3.8, 4) is 33.9 Å². The normalized spacial score (nSPS) is 11.4. The van der Waals surface area contributed by atoms with Gasteiger partial charge in [0.05, 0.1) is 22.9 Å². The summed E-state index contributed by atoms with van der Waals surface area (Å²) >= 11 is 0. The number of hydrogen-bond donors (Lipinski definition) is 2. The predicted molar refractivity (Wildman–Crippen MR) is 120 cm³/mol. The Morgan fingerprint density at radius 1 is 0.906 bits per heavy atom. The Labute approximate surface area is 181 Å². The van der Waals surface area contributed by atoms with Crippen molar-refractivity contribution in [3.63, 3.8) is 0 Å². The van der Waals surface area contributed by atoms with Gasteiger partial charge in [-0.2, -0.15) is 5.10 Å². The van der Waals surface area contributed by atoms with Crippen LogP contribution in [0.25, 0.3) is 56.0 Å². The molecule has 0 aliphatic carbocycles. The number of H-pyrrole nitrogens is 2. The number of imidazole rings is 1. The second kappa shape index (κ2) is 7.05. The molecule has 0 radical (unpaired) electrons. The van der Waals surface area contributed by atoms with E-state index >= 15 is 0 Å². The average molecular weight is 421 g/mol. The van der Waals surface area contributed by atoms with Gasteiger partial charge in [0.1, 0.15) is 11.5 Å². The average Bonchev–Trinajstić information content (AvgIpc) is 3.43. The molecule has 1 aromatic carbocycles. The van der Waals surface area contributed by atoms with Crippen LogP contribution in [0.3, 0.4) is 0 Å². The third-order valence-corrected chi connectivity index (χ3v) is 5.53. The van der Waals surface area contributed by atoms with Crippen LogP contribution in [0.5, 0.6) is 0 Å². The van der Waals surface area contributed by atoms with Crippen LogP contribution in [0, 0.1) is 12.7 Å². The summed E-state index contributed by atoms with van der Waals surface area (Å²) in [6.07, 6.45) is 7.03. The number of hydrogen-bond acceptors (Lipinski definition) is 5. The lowest BCUT2D eigenvalue weighted by atomic mass is 10.1. The topological polar surface area (TPSA) is 96.0 Å². The first-order valence-corrected chi connectivity index (χ1v) is 10.0. The Bertz CT molecular complexity index is 1600. The number of aromatic nitrogens is 7. The standard InChI is InChI=1S/C24H16FN7/c1-13-6-8-26-11-18(13)19-10-17-20(12-28-19)31-32-22(17)24-29-21-16(7-9-27-23(21)30-24)14-2-4-15(25)5-3-14/h2-12H,1H3,(H,31,32)(H,27,29,30). The zero-order valence-electron chi connectivity index (χ0n) is 17.0. The van der Waals surface area contributed by atoms with Crippen LogP contribution in [0.2, 0.25) is 0 Å². The van der Waals surface area contributed by atoms with Crippen LogP contribution in [0.15, 0.2) is 67.3 Å². The lowest BCUT2D eigenvalue weighted by Gasteiger charge is -2.04. The minimum Gasteiger partial charge on any atom is -0.335 e. The number of rotatable bonds is 3. The molecular weight excluding hydrogens is 405 g/mol. The molecular formula is C24H16FN7. The zero-order chi connectivity index (χ0) is 21.7. The summed E-state index contributed by atoms with van der Waals surface area (Å²) in [5.41, 5.74) is 7.44. The van der Waals surface area contributed by atoms with E-state index in [4.69, 9.17) is 0 Å². The molecule has 8 heteroatoms. The van der Waals surface area contributed by atoms with Gasteiger partial charge < -0.3 is 4.98 Å². The highest BCUT2D eigenvalue weighted by Crippen LogP contribution is 2.32. The van der Waals surface area contributed by atoms with Crippen LogP contribution in [-0.2, 0) is 0 Å². The fourth-order valence-electron chi connectivity index (χ4n) is 3.87. The van der Waals surface area contributed by atoms with Gasteiger partial charge in [0, 0.05) is 35.1 Å². The highest BCUT2D eigenvalue weighted by molar-refractivity contribution is 5.96. The number of benzene rings is 1. The van der Waals surface area contributed by atoms with Crippen LogP contribution in [-0.4, -0.2) is 35.1 Å². The van der Waals surface area contributed by atoms with Gasteiger partial charge in [0.2, 0.25) is 0 Å². The van der Waals surface area contributed by atoms with Crippen molar-refractivity contribution < 1.29 is 4.39 Å². The molecule has 7 nitrogen and oxygen atoms in total. The Kier molecular flexibility index (Phi) is 4.04. The molecule has 6 aromatic rings. The van der Waals surface area contributed by atoms with E-state index < -0.39 is 0 Å². The third kappa shape index (κ3) is 2.92. The first-order chi connectivity index (χ1) is 15.7. The van der Waals surface area contributed by atoms with Gasteiger partial charge in [-0.25, -0.2) is 14.4 Å². The number of halogens is 1. The lowest BCUT2D eigenvalue weighted by molar-refractivity contribution is 0.628. The highest BCUT2D eigenvalue weighted by Gasteiger charge is 2.17. The first kappa shape index (κ1) is 18.3. The molecule has 0 spiro atoms. The van der Waals surface area contributed by atoms with Crippen molar-refractivity contribution in [1.82, 2.24) is 35.1 Å². The Hall–Kier alpha value is -4.46. The maximum atomic E-state index is 13.4. The van der Waals surface area contributed by atoms with E-state index in [1.54, 1.807) is 30.7 Å². The van der Waals surface area contributed by atoms with Gasteiger partial charge in [-0.05, 0) is 48.4 Å². The van der Waals surface area contributed by atoms with Crippen LogP contribution < -0.4 is 0 Å². The predicted octanol–water partition coefficient (Wildman–Crippen LogP) is 5.07. The summed E-state index contributed by atoms with van der Waals surface area (Å²) in [5, 5.41) is 8.40. The number of pyridine rings is 3. The Morgan fingerprint density at radius 3 is 2.62 bits per heavy atom. The fraction of sp³-hybridized carbons (Fsp3) is 0.0417. The molecule has 5 aromatic heterocycles. The molecule has 0 amide bonds. The van der Waals surface area contributed by atoms with E-state index in [2.05, 4.69) is 35.1 Å². The van der Waals surface area contributed by atoms with Gasteiger partial charge in [-0.1, -0.05) is 12.1 Å². The molecule has 0 atom stereocenters. The zero-order valence-corrected chi connectivity index (χ0v) is 17.0. The molecule has 5 heterocycles. The van der Waals surface area contributed by atoms with Crippen molar-refractivity contribution in [3.05, 3.63) is 78.6 Å². The van der Waals surface area contributed by atoms with E-state index in [-0.39, 0.29) is 5.82 Å². The summed E-state index contributed by atoms with van der Waals surface area (Å²) < 4.78 is 13.4. The summed E-state index contributed by atoms with van der Waals surface area (Å²) in [7, 11) is 0. The second-order valence-electron chi connectivity index (χ2n) is 7.53. The van der Waals surface area contributed by atoms with E-state index in [9.17, 15) is 4.39 Å². The molecule has 154 valence electrons. The molecule has 2 N–H and O–H groups in total. The molecule has 0 aliphatic heterocycles. The van der Waals surface area contributed by atoms with Crippen molar-refractivity contribution >= 4 is 22.1 Å². The molecule has 32 heavy (non-hydrogen) atoms. The van der Waals surface area contributed by atoms with Gasteiger partial charge in [0.25, 0.3) is 0 Å². The van der Waals surface area contributed by atoms with Crippen molar-refractivity contribution in [2.45, 2.75) is 6.92 Å².